The first-order valence-electron chi connectivity index (χ1n) is 17.4. The van der Waals surface area contributed by atoms with E-state index in [-0.39, 0.29) is 0 Å². The van der Waals surface area contributed by atoms with Gasteiger partial charge in [0.25, 0.3) is 0 Å². The van der Waals surface area contributed by atoms with E-state index in [0.29, 0.717) is 17.5 Å². The Kier molecular flexibility index (Phi) is 6.39. The summed E-state index contributed by atoms with van der Waals surface area (Å²) >= 11 is 1.79. The Morgan fingerprint density at radius 2 is 0.923 bits per heavy atom. The van der Waals surface area contributed by atoms with Crippen LogP contribution in [0.4, 0.5) is 0 Å². The highest BCUT2D eigenvalue weighted by Gasteiger charge is 2.22. The molecule has 3 heterocycles. The minimum absolute atomic E-state index is 0.571. The molecule has 8 aromatic carbocycles. The van der Waals surface area contributed by atoms with Gasteiger partial charge in [-0.05, 0) is 51.6 Å². The molecule has 11 rings (SSSR count). The van der Waals surface area contributed by atoms with Crippen molar-refractivity contribution in [2.45, 2.75) is 0 Å². The Bertz CT molecular complexity index is 3190. The zero-order valence-corrected chi connectivity index (χ0v) is 28.6. The number of hydrogen-bond donors (Lipinski definition) is 0. The van der Waals surface area contributed by atoms with Crippen LogP contribution in [0.3, 0.4) is 0 Å². The van der Waals surface area contributed by atoms with Crippen LogP contribution in [-0.4, -0.2) is 15.0 Å². The molecule has 0 atom stereocenters. The highest BCUT2D eigenvalue weighted by atomic mass is 32.1. The molecule has 5 heteroatoms. The molecule has 4 nitrogen and oxygen atoms in total. The summed E-state index contributed by atoms with van der Waals surface area (Å²) in [6, 6.07) is 57.3. The van der Waals surface area contributed by atoms with Gasteiger partial charge in [0.15, 0.2) is 17.5 Å². The van der Waals surface area contributed by atoms with E-state index in [9.17, 15) is 0 Å². The highest BCUT2D eigenvalue weighted by molar-refractivity contribution is 7.25. The number of thiophene rings is 1. The fourth-order valence-electron chi connectivity index (χ4n) is 7.77. The van der Waals surface area contributed by atoms with Gasteiger partial charge < -0.3 is 4.42 Å². The maximum atomic E-state index is 6.92. The molecule has 3 aromatic heterocycles. The number of benzene rings is 8. The van der Waals surface area contributed by atoms with E-state index in [1.54, 1.807) is 11.3 Å². The van der Waals surface area contributed by atoms with Crippen LogP contribution < -0.4 is 0 Å². The number of para-hydroxylation sites is 1. The molecule has 0 aliphatic rings. The van der Waals surface area contributed by atoms with Gasteiger partial charge in [-0.15, -0.1) is 11.3 Å². The Morgan fingerprint density at radius 3 is 1.79 bits per heavy atom. The van der Waals surface area contributed by atoms with Gasteiger partial charge in [-0.1, -0.05) is 140 Å². The molecule has 0 spiro atoms. The van der Waals surface area contributed by atoms with Gasteiger partial charge in [0.2, 0.25) is 0 Å². The van der Waals surface area contributed by atoms with Crippen LogP contribution in [0.5, 0.6) is 0 Å². The number of nitrogens with zero attached hydrogens (tertiary/aromatic N) is 3. The molecule has 11 aromatic rings. The predicted octanol–water partition coefficient (Wildman–Crippen LogP) is 13.1. The average Bonchev–Trinajstić information content (AvgIpc) is 3.79. The van der Waals surface area contributed by atoms with Crippen molar-refractivity contribution in [1.82, 2.24) is 15.0 Å². The molecule has 0 amide bonds. The molecular formula is C47H27N3OS. The highest BCUT2D eigenvalue weighted by Crippen LogP contribution is 2.43. The van der Waals surface area contributed by atoms with Crippen molar-refractivity contribution >= 4 is 75.0 Å². The molecule has 0 saturated heterocycles. The Hall–Kier alpha value is -6.69. The quantitative estimate of drug-likeness (QED) is 0.185. The molecule has 0 aliphatic heterocycles. The molecule has 0 fully saturated rings. The van der Waals surface area contributed by atoms with E-state index in [2.05, 4.69) is 164 Å². The summed E-state index contributed by atoms with van der Waals surface area (Å²) in [6.45, 7) is 0. The van der Waals surface area contributed by atoms with Crippen molar-refractivity contribution < 1.29 is 4.42 Å². The fraction of sp³-hybridized carbons (Fsp3) is 0. The van der Waals surface area contributed by atoms with Gasteiger partial charge in [-0.2, -0.15) is 0 Å². The standard InChI is InChI=1S/C47H27N3OS/c1-2-13-29(14-3-1)38-27-39-33-21-11-24-37(43(33)51-44(39)32-19-7-6-18-31(32)38)47-49-45(34-22-10-16-28-15-4-5-17-30(28)34)48-46(50-47)36-23-12-26-41-42(36)35-20-8-9-25-40(35)52-41/h1-27H. The molecule has 0 N–H and O–H groups in total. The summed E-state index contributed by atoms with van der Waals surface area (Å²) in [5.41, 5.74) is 6.73. The van der Waals surface area contributed by atoms with Crippen LogP contribution in [0.25, 0.3) is 109 Å². The lowest BCUT2D eigenvalue weighted by atomic mass is 9.95. The Morgan fingerprint density at radius 1 is 0.365 bits per heavy atom. The van der Waals surface area contributed by atoms with Crippen LogP contribution in [-0.2, 0) is 0 Å². The van der Waals surface area contributed by atoms with Crippen molar-refractivity contribution in [3.05, 3.63) is 164 Å². The third kappa shape index (κ3) is 4.43. The largest absolute Gasteiger partial charge is 0.455 e. The third-order valence-electron chi connectivity index (χ3n) is 10.1. The molecule has 0 unspecified atom stereocenters. The molecule has 0 bridgehead atoms. The van der Waals surface area contributed by atoms with Crippen LogP contribution in [0, 0.1) is 0 Å². The van der Waals surface area contributed by atoms with Crippen molar-refractivity contribution in [3.8, 4) is 45.3 Å². The number of furan rings is 1. The van der Waals surface area contributed by atoms with Crippen LogP contribution in [0.15, 0.2) is 168 Å². The lowest BCUT2D eigenvalue weighted by Crippen LogP contribution is -2.01. The second-order valence-corrected chi connectivity index (χ2v) is 14.2. The number of hydrogen-bond acceptors (Lipinski definition) is 5. The fourth-order valence-corrected chi connectivity index (χ4v) is 8.90. The van der Waals surface area contributed by atoms with Gasteiger partial charge >= 0.3 is 0 Å². The van der Waals surface area contributed by atoms with E-state index in [1.165, 1.54) is 25.9 Å². The predicted molar refractivity (Wildman–Crippen MR) is 217 cm³/mol. The van der Waals surface area contributed by atoms with Gasteiger partial charge in [-0.25, -0.2) is 15.0 Å². The summed E-state index contributed by atoms with van der Waals surface area (Å²) in [5, 5.41) is 8.90. The summed E-state index contributed by atoms with van der Waals surface area (Å²) in [7, 11) is 0. The second-order valence-electron chi connectivity index (χ2n) is 13.1. The lowest BCUT2D eigenvalue weighted by Gasteiger charge is -2.11. The lowest BCUT2D eigenvalue weighted by molar-refractivity contribution is 0.673. The van der Waals surface area contributed by atoms with Crippen molar-refractivity contribution in [2.75, 3.05) is 0 Å². The summed E-state index contributed by atoms with van der Waals surface area (Å²) in [4.78, 5) is 15.8. The van der Waals surface area contributed by atoms with Gasteiger partial charge in [-0.3, -0.25) is 0 Å². The minimum Gasteiger partial charge on any atom is -0.455 e. The molecule has 242 valence electrons. The summed E-state index contributed by atoms with van der Waals surface area (Å²) in [6.07, 6.45) is 0. The zero-order valence-electron chi connectivity index (χ0n) is 27.7. The molecular weight excluding hydrogens is 655 g/mol. The number of fused-ring (bicyclic) bond motifs is 9. The third-order valence-corrected chi connectivity index (χ3v) is 11.3. The monoisotopic (exact) mass is 681 g/mol. The van der Waals surface area contributed by atoms with Crippen LogP contribution in [0.1, 0.15) is 0 Å². The van der Waals surface area contributed by atoms with Crippen molar-refractivity contribution in [2.24, 2.45) is 0 Å². The molecule has 0 radical (unpaired) electrons. The second kappa shape index (κ2) is 11.4. The Labute approximate surface area is 302 Å². The zero-order chi connectivity index (χ0) is 34.2. The van der Waals surface area contributed by atoms with E-state index in [0.717, 1.165) is 65.6 Å². The molecule has 0 saturated carbocycles. The Balaban J connectivity index is 1.21. The summed E-state index contributed by atoms with van der Waals surface area (Å²) < 4.78 is 9.36. The van der Waals surface area contributed by atoms with Gasteiger partial charge in [0, 0.05) is 47.5 Å². The smallest absolute Gasteiger partial charge is 0.167 e. The number of aromatic nitrogens is 3. The van der Waals surface area contributed by atoms with E-state index in [4.69, 9.17) is 19.4 Å². The molecule has 52 heavy (non-hydrogen) atoms. The normalized spacial score (nSPS) is 11.8. The first kappa shape index (κ1) is 29.1. The molecule has 0 aliphatic carbocycles. The maximum absolute atomic E-state index is 6.92. The van der Waals surface area contributed by atoms with E-state index < -0.39 is 0 Å². The number of rotatable bonds is 4. The van der Waals surface area contributed by atoms with Crippen LogP contribution in [0.2, 0.25) is 0 Å². The van der Waals surface area contributed by atoms with E-state index in [1.807, 2.05) is 0 Å². The van der Waals surface area contributed by atoms with Crippen LogP contribution >= 0.6 is 11.3 Å². The summed E-state index contributed by atoms with van der Waals surface area (Å²) in [5.74, 6) is 1.83. The first-order valence-corrected chi connectivity index (χ1v) is 18.2. The average molecular weight is 682 g/mol. The van der Waals surface area contributed by atoms with Crippen molar-refractivity contribution in [1.29, 1.82) is 0 Å². The van der Waals surface area contributed by atoms with Gasteiger partial charge in [0.05, 0.1) is 5.56 Å². The maximum Gasteiger partial charge on any atom is 0.167 e. The van der Waals surface area contributed by atoms with E-state index >= 15 is 0 Å². The SMILES string of the molecule is c1ccc(-c2cc3c4cccc(-c5nc(-c6cccc7ccccc67)nc(-c6cccc7sc8ccccc8c67)n5)c4oc3c3ccccc23)cc1. The topological polar surface area (TPSA) is 51.8 Å². The van der Waals surface area contributed by atoms with Gasteiger partial charge in [0.1, 0.15) is 11.2 Å². The first-order chi connectivity index (χ1) is 25.8. The minimum atomic E-state index is 0.571. The van der Waals surface area contributed by atoms with Crippen molar-refractivity contribution in [3.63, 3.8) is 0 Å².